The summed E-state index contributed by atoms with van der Waals surface area (Å²) in [4.78, 5) is 3.11. The number of hydrogen-bond donors (Lipinski definition) is 0. The molecular formula is C52H74GeO2S2Si. The fraction of sp³-hybridized carbons (Fsp3) is 0.500. The van der Waals surface area contributed by atoms with Gasteiger partial charge in [0.15, 0.2) is 0 Å². The van der Waals surface area contributed by atoms with Gasteiger partial charge in [-0.05, 0) is 0 Å². The van der Waals surface area contributed by atoms with Crippen LogP contribution in [0.5, 0.6) is 5.75 Å². The zero-order valence-electron chi connectivity index (χ0n) is 37.8. The Morgan fingerprint density at radius 3 is 1.72 bits per heavy atom. The van der Waals surface area contributed by atoms with Gasteiger partial charge in [-0.15, -0.1) is 0 Å². The summed E-state index contributed by atoms with van der Waals surface area (Å²) in [6.45, 7) is 25.8. The fourth-order valence-corrected chi connectivity index (χ4v) is 26.8. The number of hydrogen-bond acceptors (Lipinski definition) is 4. The van der Waals surface area contributed by atoms with Crippen LogP contribution in [0.3, 0.4) is 0 Å². The van der Waals surface area contributed by atoms with E-state index in [2.05, 4.69) is 169 Å². The monoisotopic (exact) mass is 896 g/mol. The summed E-state index contributed by atoms with van der Waals surface area (Å²) in [5, 5.41) is 1.46. The molecule has 0 radical (unpaired) electrons. The van der Waals surface area contributed by atoms with E-state index in [4.69, 9.17) is 9.47 Å². The number of ether oxygens (including phenoxy) is 2. The quantitative estimate of drug-likeness (QED) is 0.0480. The van der Waals surface area contributed by atoms with Crippen molar-refractivity contribution in [1.29, 1.82) is 0 Å². The van der Waals surface area contributed by atoms with Gasteiger partial charge < -0.3 is 0 Å². The fourth-order valence-electron chi connectivity index (χ4n) is 8.10. The van der Waals surface area contributed by atoms with Crippen molar-refractivity contribution in [2.45, 2.75) is 149 Å². The van der Waals surface area contributed by atoms with Crippen LogP contribution in [0.1, 0.15) is 121 Å². The van der Waals surface area contributed by atoms with E-state index in [0.717, 1.165) is 30.5 Å². The average molecular weight is 896 g/mol. The second kappa shape index (κ2) is 21.9. The minimum absolute atomic E-state index is 0.298. The van der Waals surface area contributed by atoms with E-state index in [1.54, 1.807) is 33.0 Å². The van der Waals surface area contributed by atoms with Crippen LogP contribution in [0.15, 0.2) is 84.9 Å². The first-order chi connectivity index (χ1) is 27.8. The topological polar surface area (TPSA) is 18.5 Å². The van der Waals surface area contributed by atoms with Gasteiger partial charge in [-0.3, -0.25) is 0 Å². The van der Waals surface area contributed by atoms with E-state index in [9.17, 15) is 0 Å². The molecule has 58 heavy (non-hydrogen) atoms. The van der Waals surface area contributed by atoms with E-state index < -0.39 is 21.3 Å². The molecule has 2 heterocycles. The van der Waals surface area contributed by atoms with Crippen LogP contribution in [-0.4, -0.2) is 41.2 Å². The normalized spacial score (nSPS) is 12.4. The predicted octanol–water partition coefficient (Wildman–Crippen LogP) is 13.2. The van der Waals surface area contributed by atoms with Gasteiger partial charge in [0.1, 0.15) is 0 Å². The van der Waals surface area contributed by atoms with Gasteiger partial charge in [-0.1, -0.05) is 0 Å². The molecule has 0 N–H and O–H groups in total. The van der Waals surface area contributed by atoms with Crippen molar-refractivity contribution in [2.24, 2.45) is 0 Å². The van der Waals surface area contributed by atoms with Crippen molar-refractivity contribution in [1.82, 2.24) is 0 Å². The first-order valence-electron chi connectivity index (χ1n) is 22.5. The number of thiophene rings is 2. The Hall–Kier alpha value is -2.42. The Morgan fingerprint density at radius 2 is 1.19 bits per heavy atom. The van der Waals surface area contributed by atoms with Crippen LogP contribution in [0.25, 0.3) is 9.75 Å². The molecule has 0 spiro atoms. The first-order valence-corrected chi connectivity index (χ1v) is 31.8. The first kappa shape index (κ1) is 46.6. The third-order valence-corrected chi connectivity index (χ3v) is 34.2. The summed E-state index contributed by atoms with van der Waals surface area (Å²) < 4.78 is 18.1. The van der Waals surface area contributed by atoms with Crippen LogP contribution in [0.4, 0.5) is 0 Å². The summed E-state index contributed by atoms with van der Waals surface area (Å²) in [5.74, 6) is 0.918. The van der Waals surface area contributed by atoms with E-state index in [1.165, 1.54) is 79.4 Å². The van der Waals surface area contributed by atoms with Crippen molar-refractivity contribution >= 4 is 61.0 Å². The molecule has 0 fully saturated rings. The van der Waals surface area contributed by atoms with Crippen molar-refractivity contribution in [2.75, 3.05) is 19.8 Å². The average Bonchev–Trinajstić information content (AvgIpc) is 3.83. The maximum atomic E-state index is 6.02. The summed E-state index contributed by atoms with van der Waals surface area (Å²) in [6, 6.07) is 33.8. The van der Waals surface area contributed by atoms with Crippen LogP contribution in [0, 0.1) is 13.8 Å². The van der Waals surface area contributed by atoms with Crippen LogP contribution >= 0.6 is 22.7 Å². The Balaban J connectivity index is 1.67. The Kier molecular flexibility index (Phi) is 17.6. The van der Waals surface area contributed by atoms with Gasteiger partial charge >= 0.3 is 368 Å². The molecule has 0 aliphatic carbocycles. The molecule has 3 aromatic carbocycles. The molecule has 0 amide bonds. The summed E-state index contributed by atoms with van der Waals surface area (Å²) >= 11 is 1.08. The van der Waals surface area contributed by atoms with Gasteiger partial charge in [-0.2, -0.15) is 0 Å². The molecule has 0 saturated heterocycles. The van der Waals surface area contributed by atoms with Crippen molar-refractivity contribution < 1.29 is 9.47 Å². The van der Waals surface area contributed by atoms with Crippen LogP contribution < -0.4 is 21.7 Å². The van der Waals surface area contributed by atoms with E-state index in [1.807, 2.05) is 6.92 Å². The van der Waals surface area contributed by atoms with Gasteiger partial charge in [0.25, 0.3) is 0 Å². The zero-order chi connectivity index (χ0) is 41.8. The SMILES string of the molecule is CCCCCCc1c[c]([Ge]([CH2]Cc2ccc(OCCOCC)cc2)([c]2ccc(C)cc2)[c]2ccc(C)cc2)sc1-c1cc(CCCCCC)c([Si](C)(C)C(C)(C)C)s1. The van der Waals surface area contributed by atoms with Crippen molar-refractivity contribution in [3.8, 4) is 15.5 Å². The predicted molar refractivity (Wildman–Crippen MR) is 264 cm³/mol. The molecule has 0 unspecified atom stereocenters. The third kappa shape index (κ3) is 11.7. The number of unbranched alkanes of at least 4 members (excludes halogenated alkanes) is 6. The maximum absolute atomic E-state index is 6.02. The van der Waals surface area contributed by atoms with Crippen LogP contribution in [-0.2, 0) is 24.0 Å². The van der Waals surface area contributed by atoms with Crippen molar-refractivity contribution in [3.63, 3.8) is 0 Å². The summed E-state index contributed by atoms with van der Waals surface area (Å²) in [6.07, 6.45) is 13.8. The van der Waals surface area contributed by atoms with Gasteiger partial charge in [-0.25, -0.2) is 0 Å². The molecular weight excluding hydrogens is 821 g/mol. The number of aryl methyl sites for hydroxylation is 5. The third-order valence-electron chi connectivity index (χ3n) is 12.8. The second-order valence-electron chi connectivity index (χ2n) is 18.3. The Morgan fingerprint density at radius 1 is 0.621 bits per heavy atom. The van der Waals surface area contributed by atoms with Crippen molar-refractivity contribution in [3.05, 3.63) is 113 Å². The van der Waals surface area contributed by atoms with Gasteiger partial charge in [0.2, 0.25) is 0 Å². The molecule has 2 aromatic heterocycles. The number of rotatable bonds is 23. The van der Waals surface area contributed by atoms with Gasteiger partial charge in [0.05, 0.1) is 0 Å². The molecule has 5 aromatic rings. The molecule has 314 valence electrons. The Bertz CT molecular complexity index is 1920. The molecule has 5 rings (SSSR count). The molecule has 0 bridgehead atoms. The molecule has 6 heteroatoms. The summed E-state index contributed by atoms with van der Waals surface area (Å²) in [7, 11) is -1.75. The molecule has 2 nitrogen and oxygen atoms in total. The van der Waals surface area contributed by atoms with E-state index in [-0.39, 0.29) is 0 Å². The molecule has 0 aliphatic rings. The molecule has 0 saturated carbocycles. The van der Waals surface area contributed by atoms with E-state index in [0.29, 0.717) is 18.3 Å². The Labute approximate surface area is 365 Å². The minimum atomic E-state index is -3.29. The van der Waals surface area contributed by atoms with E-state index >= 15 is 0 Å². The molecule has 0 aliphatic heterocycles. The zero-order valence-corrected chi connectivity index (χ0v) is 42.6. The van der Waals surface area contributed by atoms with Gasteiger partial charge in [0, 0.05) is 0 Å². The second-order valence-corrected chi connectivity index (χ2v) is 35.1. The standard InChI is InChI=1S/C52H74GeO2S2Si/c1-11-14-16-18-20-43-39-49(57-50(43)48-38-44(21-19-17-15-12-2)51(56-48)58(9,10)52(6,7)8)53(45-28-22-40(4)23-29-45,46-30-24-41(5)25-31-46)35-34-42-26-32-47(33-27-42)55-37-36-54-13-3/h22-33,38-39H,11-21,34-37H2,1-10H3. The van der Waals surface area contributed by atoms with Crippen LogP contribution in [0.2, 0.25) is 23.4 Å². The summed E-state index contributed by atoms with van der Waals surface area (Å²) in [5.41, 5.74) is 7.29. The molecule has 0 atom stereocenters. The number of benzene rings is 3.